The first-order valence-electron chi connectivity index (χ1n) is 16.3. The van der Waals surface area contributed by atoms with Gasteiger partial charge in [-0.15, -0.1) is 0 Å². The number of para-hydroxylation sites is 4. The lowest BCUT2D eigenvalue weighted by atomic mass is 9.60. The summed E-state index contributed by atoms with van der Waals surface area (Å²) in [5.41, 5.74) is 9.79. The van der Waals surface area contributed by atoms with Crippen LogP contribution in [0.1, 0.15) is 43.7 Å². The maximum Gasteiger partial charge on any atom is 0.0461 e. The first-order valence-corrected chi connectivity index (χ1v) is 16.3. The fraction of sp³-hybridized carbons (Fsp3) is 0.163. The molecule has 0 aliphatic heterocycles. The summed E-state index contributed by atoms with van der Waals surface area (Å²) in [5, 5.41) is 0. The highest BCUT2D eigenvalue weighted by Gasteiger charge is 2.41. The molecule has 1 atom stereocenters. The van der Waals surface area contributed by atoms with Crippen LogP contribution in [0.15, 0.2) is 170 Å². The minimum Gasteiger partial charge on any atom is -0.311 e. The van der Waals surface area contributed by atoms with Crippen LogP contribution < -0.4 is 9.80 Å². The van der Waals surface area contributed by atoms with E-state index < -0.39 is 0 Å². The van der Waals surface area contributed by atoms with E-state index in [0.717, 1.165) is 29.2 Å². The highest BCUT2D eigenvalue weighted by Crippen LogP contribution is 2.50. The van der Waals surface area contributed by atoms with Crippen molar-refractivity contribution in [3.8, 4) is 0 Å². The molecule has 0 amide bonds. The largest absolute Gasteiger partial charge is 0.311 e. The van der Waals surface area contributed by atoms with Crippen molar-refractivity contribution < 1.29 is 0 Å². The smallest absolute Gasteiger partial charge is 0.0461 e. The molecule has 222 valence electrons. The number of rotatable bonds is 8. The van der Waals surface area contributed by atoms with Gasteiger partial charge in [-0.25, -0.2) is 0 Å². The molecule has 2 heteroatoms. The van der Waals surface area contributed by atoms with Crippen molar-refractivity contribution in [2.45, 2.75) is 38.0 Å². The first-order chi connectivity index (χ1) is 22.2. The Balaban J connectivity index is 1.27. The maximum atomic E-state index is 2.46. The van der Waals surface area contributed by atoms with Gasteiger partial charge in [0.1, 0.15) is 0 Å². The summed E-state index contributed by atoms with van der Waals surface area (Å²) < 4.78 is 0. The number of hydrogen-bond donors (Lipinski definition) is 0. The number of anilines is 6. The van der Waals surface area contributed by atoms with E-state index in [4.69, 9.17) is 0 Å². The molecule has 1 unspecified atom stereocenters. The van der Waals surface area contributed by atoms with Gasteiger partial charge in [-0.05, 0) is 103 Å². The van der Waals surface area contributed by atoms with Crippen LogP contribution in [-0.4, -0.2) is 0 Å². The zero-order valence-corrected chi connectivity index (χ0v) is 26.0. The van der Waals surface area contributed by atoms with E-state index in [0.29, 0.717) is 5.92 Å². The van der Waals surface area contributed by atoms with Gasteiger partial charge in [0, 0.05) is 39.5 Å². The molecular formula is C43H40N2. The molecule has 0 radical (unpaired) electrons. The average Bonchev–Trinajstić information content (AvgIpc) is 3.11. The molecule has 0 aromatic heterocycles. The molecule has 1 aliphatic rings. The molecular weight excluding hydrogens is 544 g/mol. The van der Waals surface area contributed by atoms with Crippen LogP contribution in [0.3, 0.4) is 0 Å². The van der Waals surface area contributed by atoms with Crippen LogP contribution in [0.2, 0.25) is 0 Å². The van der Waals surface area contributed by atoms with Crippen molar-refractivity contribution in [3.63, 3.8) is 0 Å². The minimum absolute atomic E-state index is 0.0239. The van der Waals surface area contributed by atoms with Crippen LogP contribution in [0, 0.1) is 5.92 Å². The summed E-state index contributed by atoms with van der Waals surface area (Å²) >= 11 is 0. The summed E-state index contributed by atoms with van der Waals surface area (Å²) in [7, 11) is 0. The molecule has 1 fully saturated rings. The fourth-order valence-corrected chi connectivity index (χ4v) is 7.39. The zero-order chi connectivity index (χ0) is 30.5. The Morgan fingerprint density at radius 3 is 1.02 bits per heavy atom. The molecule has 2 nitrogen and oxygen atoms in total. The van der Waals surface area contributed by atoms with E-state index in [1.165, 1.54) is 41.8 Å². The van der Waals surface area contributed by atoms with Gasteiger partial charge in [0.2, 0.25) is 0 Å². The molecule has 0 saturated heterocycles. The van der Waals surface area contributed by atoms with E-state index in [9.17, 15) is 0 Å². The van der Waals surface area contributed by atoms with Gasteiger partial charge in [0.05, 0.1) is 0 Å². The molecule has 6 aromatic carbocycles. The predicted octanol–water partition coefficient (Wildman–Crippen LogP) is 12.1. The average molecular weight is 585 g/mol. The SMILES string of the molecule is CC1CCCCC1(c1ccc(N(c2ccccc2)c2ccccc2)cc1)c1ccc(N(c2ccccc2)c2ccccc2)cc1. The van der Waals surface area contributed by atoms with Gasteiger partial charge in [0.15, 0.2) is 0 Å². The lowest BCUT2D eigenvalue weighted by Crippen LogP contribution is -2.37. The topological polar surface area (TPSA) is 6.48 Å². The monoisotopic (exact) mass is 584 g/mol. The molecule has 0 N–H and O–H groups in total. The Morgan fingerprint density at radius 1 is 0.400 bits per heavy atom. The predicted molar refractivity (Wildman–Crippen MR) is 191 cm³/mol. The van der Waals surface area contributed by atoms with Crippen LogP contribution in [0.25, 0.3) is 0 Å². The Kier molecular flexibility index (Phi) is 8.21. The summed E-state index contributed by atoms with van der Waals surface area (Å²) in [6.45, 7) is 2.46. The molecule has 1 saturated carbocycles. The van der Waals surface area contributed by atoms with Gasteiger partial charge < -0.3 is 9.80 Å². The molecule has 0 bridgehead atoms. The van der Waals surface area contributed by atoms with Crippen molar-refractivity contribution in [1.29, 1.82) is 0 Å². The van der Waals surface area contributed by atoms with Crippen molar-refractivity contribution in [2.24, 2.45) is 5.92 Å². The van der Waals surface area contributed by atoms with E-state index >= 15 is 0 Å². The van der Waals surface area contributed by atoms with Crippen molar-refractivity contribution >= 4 is 34.1 Å². The lowest BCUT2D eigenvalue weighted by molar-refractivity contribution is 0.244. The van der Waals surface area contributed by atoms with Crippen LogP contribution in [0.5, 0.6) is 0 Å². The normalized spacial score (nSPS) is 15.7. The zero-order valence-electron chi connectivity index (χ0n) is 26.0. The third-order valence-electron chi connectivity index (χ3n) is 9.64. The van der Waals surface area contributed by atoms with Crippen LogP contribution >= 0.6 is 0 Å². The first kappa shape index (κ1) is 28.7. The van der Waals surface area contributed by atoms with Gasteiger partial charge in [-0.3, -0.25) is 0 Å². The number of nitrogens with zero attached hydrogens (tertiary/aromatic N) is 2. The fourth-order valence-electron chi connectivity index (χ4n) is 7.39. The summed E-state index contributed by atoms with van der Waals surface area (Å²) in [5.74, 6) is 0.543. The molecule has 7 rings (SSSR count). The Morgan fingerprint density at radius 2 is 0.711 bits per heavy atom. The molecule has 1 aliphatic carbocycles. The van der Waals surface area contributed by atoms with Gasteiger partial charge in [-0.1, -0.05) is 117 Å². The minimum atomic E-state index is -0.0239. The third-order valence-corrected chi connectivity index (χ3v) is 9.64. The number of benzene rings is 6. The molecule has 0 heterocycles. The Hall–Kier alpha value is -5.08. The van der Waals surface area contributed by atoms with E-state index in [1.807, 2.05) is 0 Å². The molecule has 0 spiro atoms. The van der Waals surface area contributed by atoms with E-state index in [-0.39, 0.29) is 5.41 Å². The van der Waals surface area contributed by atoms with E-state index in [1.54, 1.807) is 0 Å². The van der Waals surface area contributed by atoms with Gasteiger partial charge >= 0.3 is 0 Å². The van der Waals surface area contributed by atoms with Crippen LogP contribution in [0.4, 0.5) is 34.1 Å². The Bertz CT molecular complexity index is 1580. The second kappa shape index (κ2) is 12.9. The summed E-state index contributed by atoms with van der Waals surface area (Å²) in [4.78, 5) is 4.69. The standard InChI is InChI=1S/C43H40N2/c1-34-16-14-15-33-43(34,35-25-29-41(30-26-35)44(37-17-6-2-7-18-37)38-19-8-3-9-20-38)36-27-31-42(32-28-36)45(39-21-10-4-11-22-39)40-23-12-5-13-24-40/h2-13,17-32,34H,14-16,33H2,1H3. The lowest BCUT2D eigenvalue weighted by Gasteiger charge is -2.44. The molecule has 6 aromatic rings. The van der Waals surface area contributed by atoms with Crippen molar-refractivity contribution in [2.75, 3.05) is 9.80 Å². The number of hydrogen-bond acceptors (Lipinski definition) is 2. The maximum absolute atomic E-state index is 2.46. The second-order valence-corrected chi connectivity index (χ2v) is 12.2. The van der Waals surface area contributed by atoms with Gasteiger partial charge in [-0.2, -0.15) is 0 Å². The van der Waals surface area contributed by atoms with Crippen LogP contribution in [-0.2, 0) is 5.41 Å². The van der Waals surface area contributed by atoms with Crippen molar-refractivity contribution in [3.05, 3.63) is 181 Å². The highest BCUT2D eigenvalue weighted by atomic mass is 15.1. The summed E-state index contributed by atoms with van der Waals surface area (Å²) in [6, 6.07) is 61.5. The molecule has 45 heavy (non-hydrogen) atoms. The quantitative estimate of drug-likeness (QED) is 0.176. The Labute approximate surface area is 268 Å². The highest BCUT2D eigenvalue weighted by molar-refractivity contribution is 5.78. The summed E-state index contributed by atoms with van der Waals surface area (Å²) in [6.07, 6.45) is 4.94. The second-order valence-electron chi connectivity index (χ2n) is 12.2. The van der Waals surface area contributed by atoms with Crippen molar-refractivity contribution in [1.82, 2.24) is 0 Å². The van der Waals surface area contributed by atoms with Gasteiger partial charge in [0.25, 0.3) is 0 Å². The van der Waals surface area contributed by atoms with E-state index in [2.05, 4.69) is 187 Å². The third kappa shape index (κ3) is 5.65.